The van der Waals surface area contributed by atoms with E-state index >= 15 is 0 Å². The molecular formula is C11H10O3. The summed E-state index contributed by atoms with van der Waals surface area (Å²) in [5.74, 6) is -0.158. The largest absolute Gasteiger partial charge is 0.488 e. The minimum Gasteiger partial charge on any atom is -0.488 e. The molecule has 1 aromatic rings. The molecule has 3 nitrogen and oxygen atoms in total. The number of aryl methyl sites for hydroxylation is 1. The molecule has 0 spiro atoms. The van der Waals surface area contributed by atoms with E-state index in [1.54, 1.807) is 6.08 Å². The molecule has 0 saturated heterocycles. The number of benzene rings is 1. The number of rotatable bonds is 1. The molecule has 0 atom stereocenters. The van der Waals surface area contributed by atoms with Gasteiger partial charge in [0, 0.05) is 5.56 Å². The summed E-state index contributed by atoms with van der Waals surface area (Å²) < 4.78 is 5.33. The quantitative estimate of drug-likeness (QED) is 0.735. The van der Waals surface area contributed by atoms with Crippen LogP contribution < -0.4 is 4.74 Å². The van der Waals surface area contributed by atoms with Crippen molar-refractivity contribution < 1.29 is 14.6 Å². The van der Waals surface area contributed by atoms with E-state index in [2.05, 4.69) is 0 Å². The van der Waals surface area contributed by atoms with Gasteiger partial charge in [-0.05, 0) is 24.6 Å². The topological polar surface area (TPSA) is 46.5 Å². The molecule has 0 unspecified atom stereocenters. The molecule has 0 amide bonds. The van der Waals surface area contributed by atoms with Crippen molar-refractivity contribution >= 4 is 12.0 Å². The monoisotopic (exact) mass is 190 g/mol. The summed E-state index contributed by atoms with van der Waals surface area (Å²) in [5.41, 5.74) is 2.20. The molecule has 1 heterocycles. The van der Waals surface area contributed by atoms with Crippen molar-refractivity contribution in [3.63, 3.8) is 0 Å². The zero-order chi connectivity index (χ0) is 10.1. The number of carboxylic acid groups (broad SMARTS) is 1. The second kappa shape index (κ2) is 3.18. The van der Waals surface area contributed by atoms with Gasteiger partial charge in [0.2, 0.25) is 0 Å². The molecule has 0 fully saturated rings. The van der Waals surface area contributed by atoms with Crippen molar-refractivity contribution in [3.8, 4) is 5.75 Å². The molecule has 1 aliphatic heterocycles. The summed E-state index contributed by atoms with van der Waals surface area (Å²) >= 11 is 0. The van der Waals surface area contributed by atoms with Crippen molar-refractivity contribution in [2.45, 2.75) is 6.92 Å². The van der Waals surface area contributed by atoms with E-state index in [1.807, 2.05) is 25.1 Å². The Bertz CT molecular complexity index is 419. The molecular weight excluding hydrogens is 180 g/mol. The summed E-state index contributed by atoms with van der Waals surface area (Å²) in [6, 6.07) is 5.68. The van der Waals surface area contributed by atoms with Gasteiger partial charge in [-0.25, -0.2) is 4.79 Å². The first-order valence-corrected chi connectivity index (χ1v) is 4.35. The van der Waals surface area contributed by atoms with Crippen LogP contribution in [0.3, 0.4) is 0 Å². The van der Waals surface area contributed by atoms with Crippen molar-refractivity contribution in [2.75, 3.05) is 6.61 Å². The number of aliphatic carboxylic acids is 1. The molecule has 1 aromatic carbocycles. The predicted molar refractivity (Wildman–Crippen MR) is 52.3 cm³/mol. The van der Waals surface area contributed by atoms with Gasteiger partial charge >= 0.3 is 5.97 Å². The molecule has 2 rings (SSSR count). The van der Waals surface area contributed by atoms with Crippen LogP contribution >= 0.6 is 0 Å². The lowest BCUT2D eigenvalue weighted by molar-refractivity contribution is -0.132. The van der Waals surface area contributed by atoms with Crippen molar-refractivity contribution in [3.05, 3.63) is 34.9 Å². The Hall–Kier alpha value is -1.77. The zero-order valence-corrected chi connectivity index (χ0v) is 7.78. The lowest BCUT2D eigenvalue weighted by atomic mass is 10.0. The second-order valence-electron chi connectivity index (χ2n) is 3.25. The Morgan fingerprint density at radius 3 is 3.00 bits per heavy atom. The van der Waals surface area contributed by atoms with E-state index in [1.165, 1.54) is 0 Å². The van der Waals surface area contributed by atoms with Crippen LogP contribution in [0, 0.1) is 6.92 Å². The predicted octanol–water partition coefficient (Wildman–Crippen LogP) is 1.86. The molecule has 72 valence electrons. The van der Waals surface area contributed by atoms with Crippen LogP contribution in [0.2, 0.25) is 0 Å². The fraction of sp³-hybridized carbons (Fsp3) is 0.182. The fourth-order valence-electron chi connectivity index (χ4n) is 1.46. The molecule has 0 bridgehead atoms. The van der Waals surface area contributed by atoms with Crippen LogP contribution in [-0.2, 0) is 4.79 Å². The first-order valence-electron chi connectivity index (χ1n) is 4.35. The average Bonchev–Trinajstić information content (AvgIpc) is 2.18. The number of ether oxygens (including phenoxy) is 1. The van der Waals surface area contributed by atoms with Gasteiger partial charge in [0.15, 0.2) is 0 Å². The second-order valence-corrected chi connectivity index (χ2v) is 3.25. The Morgan fingerprint density at radius 1 is 1.50 bits per heavy atom. The van der Waals surface area contributed by atoms with Crippen LogP contribution in [0.5, 0.6) is 5.75 Å². The van der Waals surface area contributed by atoms with Crippen LogP contribution in [0.25, 0.3) is 6.08 Å². The fourth-order valence-corrected chi connectivity index (χ4v) is 1.46. The Balaban J connectivity index is 2.52. The molecule has 1 N–H and O–H groups in total. The van der Waals surface area contributed by atoms with Crippen LogP contribution in [0.15, 0.2) is 23.8 Å². The van der Waals surface area contributed by atoms with E-state index < -0.39 is 5.97 Å². The Kier molecular flexibility index (Phi) is 2.00. The molecule has 0 aromatic heterocycles. The number of fused-ring (bicyclic) bond motifs is 1. The molecule has 3 heteroatoms. The van der Waals surface area contributed by atoms with Crippen molar-refractivity contribution in [1.82, 2.24) is 0 Å². The van der Waals surface area contributed by atoms with Gasteiger partial charge in [0.05, 0.1) is 5.57 Å². The van der Waals surface area contributed by atoms with Gasteiger partial charge < -0.3 is 9.84 Å². The van der Waals surface area contributed by atoms with Gasteiger partial charge in [-0.3, -0.25) is 0 Å². The highest BCUT2D eigenvalue weighted by Crippen LogP contribution is 2.28. The maximum absolute atomic E-state index is 10.7. The molecule has 0 aliphatic carbocycles. The number of hydrogen-bond acceptors (Lipinski definition) is 2. The van der Waals surface area contributed by atoms with E-state index in [0.717, 1.165) is 16.9 Å². The lowest BCUT2D eigenvalue weighted by Crippen LogP contribution is -2.14. The normalized spacial score (nSPS) is 13.9. The van der Waals surface area contributed by atoms with Gasteiger partial charge in [0.25, 0.3) is 0 Å². The minimum absolute atomic E-state index is 0.145. The van der Waals surface area contributed by atoms with Crippen LogP contribution in [-0.4, -0.2) is 17.7 Å². The highest BCUT2D eigenvalue weighted by molar-refractivity contribution is 5.94. The van der Waals surface area contributed by atoms with Crippen LogP contribution in [0.1, 0.15) is 11.1 Å². The summed E-state index contributed by atoms with van der Waals surface area (Å²) in [5, 5.41) is 8.81. The van der Waals surface area contributed by atoms with Gasteiger partial charge in [-0.1, -0.05) is 12.1 Å². The molecule has 0 saturated carbocycles. The van der Waals surface area contributed by atoms with Gasteiger partial charge in [0.1, 0.15) is 12.4 Å². The first-order chi connectivity index (χ1) is 6.68. The average molecular weight is 190 g/mol. The molecule has 0 radical (unpaired) electrons. The van der Waals surface area contributed by atoms with E-state index in [-0.39, 0.29) is 6.61 Å². The number of carboxylic acids is 1. The first kappa shape index (κ1) is 8.81. The highest BCUT2D eigenvalue weighted by Gasteiger charge is 2.16. The Labute approximate surface area is 81.6 Å². The van der Waals surface area contributed by atoms with Crippen molar-refractivity contribution in [1.29, 1.82) is 0 Å². The number of hydrogen-bond donors (Lipinski definition) is 1. The molecule has 14 heavy (non-hydrogen) atoms. The van der Waals surface area contributed by atoms with Crippen LogP contribution in [0.4, 0.5) is 0 Å². The summed E-state index contributed by atoms with van der Waals surface area (Å²) in [4.78, 5) is 10.7. The molecule has 1 aliphatic rings. The highest BCUT2D eigenvalue weighted by atomic mass is 16.5. The summed E-state index contributed by atoms with van der Waals surface area (Å²) in [6.45, 7) is 2.08. The van der Waals surface area contributed by atoms with E-state index in [4.69, 9.17) is 9.84 Å². The SMILES string of the molecule is Cc1cccc2c1C=C(C(=O)O)CO2. The van der Waals surface area contributed by atoms with E-state index in [0.29, 0.717) is 5.57 Å². The summed E-state index contributed by atoms with van der Waals surface area (Å²) in [6.07, 6.45) is 1.68. The lowest BCUT2D eigenvalue weighted by Gasteiger charge is -2.16. The maximum atomic E-state index is 10.7. The third-order valence-electron chi connectivity index (χ3n) is 2.26. The summed E-state index contributed by atoms with van der Waals surface area (Å²) in [7, 11) is 0. The van der Waals surface area contributed by atoms with Crippen molar-refractivity contribution in [2.24, 2.45) is 0 Å². The van der Waals surface area contributed by atoms with Gasteiger partial charge in [-0.2, -0.15) is 0 Å². The third kappa shape index (κ3) is 1.37. The third-order valence-corrected chi connectivity index (χ3v) is 2.26. The number of carbonyl (C=O) groups is 1. The minimum atomic E-state index is -0.918. The smallest absolute Gasteiger partial charge is 0.335 e. The zero-order valence-electron chi connectivity index (χ0n) is 7.78. The van der Waals surface area contributed by atoms with Gasteiger partial charge in [-0.15, -0.1) is 0 Å². The standard InChI is InChI=1S/C11H10O3/c1-7-3-2-4-10-9(7)5-8(6-14-10)11(12)13/h2-5H,6H2,1H3,(H,12,13). The maximum Gasteiger partial charge on any atom is 0.335 e. The van der Waals surface area contributed by atoms with E-state index in [9.17, 15) is 4.79 Å². The Morgan fingerprint density at radius 2 is 2.29 bits per heavy atom.